The summed E-state index contributed by atoms with van der Waals surface area (Å²) in [6.07, 6.45) is -8.95. The standard InChI is InChI=1S/C14H19F13O3Si.C9H23NO3Si.C6H18OSi2/c1-4-28-31(29-5-2,30-6-3)8-7-9(15,16)10(17,18)11(19,20)12(21,22)13(23,24)14(25,26)27;1-4-11-14(12-5-2,13-6-3)9-7-8-10;1-8(2,3)7-9(4,5)6/h4-8H2,1-3H3;4-10H2,1-3H3;1-6H3. The Hall–Kier alpha value is -0.362. The van der Waals surface area contributed by atoms with E-state index in [4.69, 9.17) is 36.4 Å². The second kappa shape index (κ2) is 23.3. The van der Waals surface area contributed by atoms with Gasteiger partial charge in [-0.15, -0.1) is 0 Å². The van der Waals surface area contributed by atoms with Crippen LogP contribution in [0.15, 0.2) is 0 Å². The van der Waals surface area contributed by atoms with E-state index in [1.165, 1.54) is 20.8 Å². The molecule has 0 amide bonds. The monoisotopic (exact) mass is 893 g/mol. The maximum absolute atomic E-state index is 13.9. The van der Waals surface area contributed by atoms with Gasteiger partial charge in [0.1, 0.15) is 0 Å². The van der Waals surface area contributed by atoms with Crippen LogP contribution in [0.25, 0.3) is 0 Å². The molecule has 0 atom stereocenters. The van der Waals surface area contributed by atoms with E-state index in [1.54, 1.807) is 0 Å². The molecule has 25 heteroatoms. The van der Waals surface area contributed by atoms with Crippen LogP contribution in [0.5, 0.6) is 0 Å². The third kappa shape index (κ3) is 17.6. The summed E-state index contributed by atoms with van der Waals surface area (Å²) in [5.74, 6) is -37.0. The molecule has 0 bridgehead atoms. The van der Waals surface area contributed by atoms with Crippen LogP contribution in [-0.4, -0.2) is 116 Å². The second-order valence-corrected chi connectivity index (χ2v) is 27.9. The molecule has 0 aliphatic heterocycles. The summed E-state index contributed by atoms with van der Waals surface area (Å²) in [6.45, 7) is 24.9. The number of nitrogens with two attached hydrogens (primary N) is 1. The van der Waals surface area contributed by atoms with Crippen LogP contribution >= 0.6 is 0 Å². The molecule has 330 valence electrons. The zero-order chi connectivity index (χ0) is 43.7. The predicted molar refractivity (Wildman–Crippen MR) is 188 cm³/mol. The number of rotatable bonds is 24. The molecule has 54 heavy (non-hydrogen) atoms. The summed E-state index contributed by atoms with van der Waals surface area (Å²) >= 11 is 0. The molecule has 0 spiro atoms. The van der Waals surface area contributed by atoms with E-state index < -0.39 is 82.5 Å². The maximum atomic E-state index is 13.9. The minimum atomic E-state index is -7.92. The van der Waals surface area contributed by atoms with Gasteiger partial charge in [-0.25, -0.2) is 0 Å². The number of hydrogen-bond acceptors (Lipinski definition) is 8. The van der Waals surface area contributed by atoms with Crippen molar-refractivity contribution >= 4 is 34.2 Å². The first-order chi connectivity index (χ1) is 24.1. The fraction of sp³-hybridized carbons (Fsp3) is 1.00. The van der Waals surface area contributed by atoms with Crippen molar-refractivity contribution in [1.82, 2.24) is 0 Å². The Kier molecular flexibility index (Phi) is 25.0. The second-order valence-electron chi connectivity index (χ2n) is 13.2. The van der Waals surface area contributed by atoms with Gasteiger partial charge >= 0.3 is 53.4 Å². The largest absolute Gasteiger partial charge is 0.501 e. The fourth-order valence-corrected chi connectivity index (χ4v) is 17.1. The summed E-state index contributed by atoms with van der Waals surface area (Å²) in [6, 6.07) is -0.540. The lowest BCUT2D eigenvalue weighted by atomic mass is 9.93. The quantitative estimate of drug-likeness (QED) is 0.0757. The molecular weight excluding hydrogens is 834 g/mol. The molecule has 0 saturated carbocycles. The van der Waals surface area contributed by atoms with Crippen LogP contribution in [-0.2, 0) is 30.7 Å². The molecule has 8 nitrogen and oxygen atoms in total. The Balaban J connectivity index is -0.000000922. The molecule has 0 saturated heterocycles. The molecular formula is C29H60F13NO7Si4. The third-order valence-corrected chi connectivity index (χ3v) is 17.3. The molecule has 0 aromatic carbocycles. The van der Waals surface area contributed by atoms with Gasteiger partial charge in [0.15, 0.2) is 16.6 Å². The van der Waals surface area contributed by atoms with Gasteiger partial charge in [0.2, 0.25) is 0 Å². The van der Waals surface area contributed by atoms with Crippen molar-refractivity contribution in [3.05, 3.63) is 0 Å². The number of hydrogen-bond donors (Lipinski definition) is 1. The summed E-state index contributed by atoms with van der Waals surface area (Å²) in [5.41, 5.74) is 5.48. The lowest BCUT2D eigenvalue weighted by Gasteiger charge is -2.40. The first kappa shape index (κ1) is 58.0. The molecule has 2 N–H and O–H groups in total. The minimum Gasteiger partial charge on any atom is -0.456 e. The Labute approximate surface area is 315 Å². The highest BCUT2D eigenvalue weighted by Crippen LogP contribution is 2.61. The molecule has 0 aliphatic carbocycles. The first-order valence-electron chi connectivity index (χ1n) is 17.3. The van der Waals surface area contributed by atoms with Gasteiger partial charge in [0.25, 0.3) is 0 Å². The minimum absolute atomic E-state index is 0.291. The van der Waals surface area contributed by atoms with Crippen LogP contribution in [0.3, 0.4) is 0 Å². The Morgan fingerprint density at radius 1 is 0.426 bits per heavy atom. The van der Waals surface area contributed by atoms with Crippen LogP contribution in [0, 0.1) is 0 Å². The van der Waals surface area contributed by atoms with E-state index in [2.05, 4.69) is 39.3 Å². The van der Waals surface area contributed by atoms with Crippen molar-refractivity contribution in [3.63, 3.8) is 0 Å². The molecule has 0 aliphatic rings. The highest BCUT2D eigenvalue weighted by molar-refractivity contribution is 6.83. The Morgan fingerprint density at radius 3 is 0.926 bits per heavy atom. The molecule has 0 rings (SSSR count). The molecule has 0 aromatic heterocycles. The van der Waals surface area contributed by atoms with Crippen molar-refractivity contribution in [2.45, 2.75) is 142 Å². The smallest absolute Gasteiger partial charge is 0.456 e. The Bertz CT molecular complexity index is 976. The molecule has 0 radical (unpaired) electrons. The van der Waals surface area contributed by atoms with Gasteiger partial charge in [-0.1, -0.05) is 0 Å². The maximum Gasteiger partial charge on any atom is 0.501 e. The normalized spacial score (nSPS) is 14.3. The van der Waals surface area contributed by atoms with Crippen molar-refractivity contribution in [3.8, 4) is 0 Å². The highest BCUT2D eigenvalue weighted by Gasteiger charge is 2.90. The summed E-state index contributed by atoms with van der Waals surface area (Å²) in [4.78, 5) is 0. The highest BCUT2D eigenvalue weighted by atomic mass is 28.4. The average molecular weight is 894 g/mol. The number of alkyl halides is 13. The molecule has 0 heterocycles. The zero-order valence-corrected chi connectivity index (χ0v) is 37.1. The van der Waals surface area contributed by atoms with Crippen LogP contribution < -0.4 is 5.73 Å². The van der Waals surface area contributed by atoms with Gasteiger partial charge in [0.05, 0.1) is 0 Å². The summed E-state index contributed by atoms with van der Waals surface area (Å²) in [5, 5.41) is 0. The van der Waals surface area contributed by atoms with Gasteiger partial charge in [-0.2, -0.15) is 57.1 Å². The zero-order valence-electron chi connectivity index (χ0n) is 33.1. The van der Waals surface area contributed by atoms with Gasteiger partial charge in [-0.3, -0.25) is 0 Å². The van der Waals surface area contributed by atoms with Crippen LogP contribution in [0.4, 0.5) is 57.1 Å². The summed E-state index contributed by atoms with van der Waals surface area (Å²) < 4.78 is 208. The van der Waals surface area contributed by atoms with E-state index in [9.17, 15) is 57.1 Å². The van der Waals surface area contributed by atoms with Crippen molar-refractivity contribution in [2.24, 2.45) is 5.73 Å². The van der Waals surface area contributed by atoms with Crippen LogP contribution in [0.1, 0.15) is 54.4 Å². The van der Waals surface area contributed by atoms with E-state index in [0.717, 1.165) is 12.5 Å². The van der Waals surface area contributed by atoms with Crippen molar-refractivity contribution in [1.29, 1.82) is 0 Å². The third-order valence-electron chi connectivity index (χ3n) is 6.23. The lowest BCUT2D eigenvalue weighted by Crippen LogP contribution is -2.70. The number of halogens is 13. The van der Waals surface area contributed by atoms with E-state index >= 15 is 0 Å². The van der Waals surface area contributed by atoms with E-state index in [0.29, 0.717) is 26.4 Å². The molecule has 0 unspecified atom stereocenters. The predicted octanol–water partition coefficient (Wildman–Crippen LogP) is 10.2. The first-order valence-corrected chi connectivity index (χ1v) is 28.0. The Morgan fingerprint density at radius 2 is 0.704 bits per heavy atom. The van der Waals surface area contributed by atoms with Crippen molar-refractivity contribution in [2.75, 3.05) is 46.2 Å². The lowest BCUT2D eigenvalue weighted by molar-refractivity contribution is -0.440. The fourth-order valence-electron chi connectivity index (χ4n) is 4.51. The van der Waals surface area contributed by atoms with Gasteiger partial charge in [-0.05, 0) is 93.8 Å². The topological polar surface area (TPSA) is 90.6 Å². The molecule has 0 aromatic rings. The SMILES string of the molecule is CCO[Si](CCC(F)(F)C(F)(F)C(F)(F)C(F)(F)C(F)(F)C(F)(F)F)(OCC)OCC.CCO[Si](CCCN)(OCC)OCC.C[Si](C)(C)O[Si](C)(C)C. The van der Waals surface area contributed by atoms with Gasteiger partial charge in [0, 0.05) is 58.2 Å². The average Bonchev–Trinajstić information content (AvgIpc) is 2.98. The molecule has 0 fully saturated rings. The van der Waals surface area contributed by atoms with E-state index in [-0.39, 0.29) is 19.8 Å². The van der Waals surface area contributed by atoms with E-state index in [1.807, 2.05) is 20.8 Å². The summed E-state index contributed by atoms with van der Waals surface area (Å²) in [7, 11) is -9.09. The van der Waals surface area contributed by atoms with Crippen molar-refractivity contribution < 1.29 is 87.7 Å². The van der Waals surface area contributed by atoms with Crippen LogP contribution in [0.2, 0.25) is 51.4 Å². The van der Waals surface area contributed by atoms with Gasteiger partial charge < -0.3 is 36.4 Å².